The van der Waals surface area contributed by atoms with E-state index < -0.39 is 0 Å². The van der Waals surface area contributed by atoms with Crippen LogP contribution in [0.1, 0.15) is 17.0 Å². The van der Waals surface area contributed by atoms with Gasteiger partial charge in [-0.2, -0.15) is 0 Å². The normalized spacial score (nSPS) is 20.6. The third-order valence-corrected chi connectivity index (χ3v) is 2.70. The summed E-state index contributed by atoms with van der Waals surface area (Å²) in [5, 5.41) is 6.47. The highest BCUT2D eigenvalue weighted by atomic mass is 19.1. The molecule has 1 aliphatic rings. The molecule has 0 aromatic heterocycles. The Balaban J connectivity index is 2.32. The van der Waals surface area contributed by atoms with Crippen LogP contribution in [0.4, 0.5) is 4.39 Å². The lowest BCUT2D eigenvalue weighted by Crippen LogP contribution is -2.33. The summed E-state index contributed by atoms with van der Waals surface area (Å²) in [6.45, 7) is 2.68. The third-order valence-electron chi connectivity index (χ3n) is 2.70. The van der Waals surface area contributed by atoms with Crippen molar-refractivity contribution in [2.75, 3.05) is 20.1 Å². The van der Waals surface area contributed by atoms with Crippen LogP contribution in [-0.4, -0.2) is 20.1 Å². The summed E-state index contributed by atoms with van der Waals surface area (Å²) >= 11 is 0. The van der Waals surface area contributed by atoms with Crippen LogP contribution in [0.5, 0.6) is 0 Å². The molecule has 0 saturated heterocycles. The maximum atomic E-state index is 13.1. The second-order valence-corrected chi connectivity index (χ2v) is 3.73. The average molecular weight is 194 g/mol. The second-order valence-electron chi connectivity index (χ2n) is 3.73. The predicted molar refractivity (Wildman–Crippen MR) is 54.8 cm³/mol. The highest BCUT2D eigenvalue weighted by Gasteiger charge is 2.19. The first-order chi connectivity index (χ1) is 6.81. The monoisotopic (exact) mass is 194 g/mol. The highest BCUT2D eigenvalue weighted by molar-refractivity contribution is 5.33. The third kappa shape index (κ3) is 1.79. The van der Waals surface area contributed by atoms with E-state index in [1.54, 1.807) is 6.07 Å². The Morgan fingerprint density at radius 3 is 3.21 bits per heavy atom. The van der Waals surface area contributed by atoms with E-state index in [1.165, 1.54) is 11.6 Å². The zero-order valence-corrected chi connectivity index (χ0v) is 8.31. The van der Waals surface area contributed by atoms with Crippen molar-refractivity contribution in [1.82, 2.24) is 10.6 Å². The molecule has 0 bridgehead atoms. The van der Waals surface area contributed by atoms with E-state index in [4.69, 9.17) is 0 Å². The van der Waals surface area contributed by atoms with Crippen LogP contribution in [-0.2, 0) is 6.54 Å². The topological polar surface area (TPSA) is 24.1 Å². The van der Waals surface area contributed by atoms with Gasteiger partial charge >= 0.3 is 0 Å². The Morgan fingerprint density at radius 2 is 2.43 bits per heavy atom. The summed E-state index contributed by atoms with van der Waals surface area (Å²) in [7, 11) is 1.92. The Kier molecular flexibility index (Phi) is 2.79. The number of hydrogen-bond donors (Lipinski definition) is 2. The molecule has 0 spiro atoms. The summed E-state index contributed by atoms with van der Waals surface area (Å²) in [6, 6.07) is 5.07. The lowest BCUT2D eigenvalue weighted by atomic mass is 9.91. The van der Waals surface area contributed by atoms with Crippen LogP contribution in [0, 0.1) is 5.82 Å². The summed E-state index contributed by atoms with van der Waals surface area (Å²) < 4.78 is 13.1. The van der Waals surface area contributed by atoms with Gasteiger partial charge in [-0.1, -0.05) is 6.07 Å². The molecule has 3 heteroatoms. The molecule has 0 radical (unpaired) electrons. The standard InChI is InChI=1S/C11H15FN2/c1-13-5-9-7-14-6-8-2-3-10(12)4-11(8)9/h2-4,9,13-14H,5-7H2,1H3. The number of hydrogen-bond acceptors (Lipinski definition) is 2. The van der Waals surface area contributed by atoms with Gasteiger partial charge in [0.15, 0.2) is 0 Å². The van der Waals surface area contributed by atoms with E-state index in [9.17, 15) is 4.39 Å². The smallest absolute Gasteiger partial charge is 0.123 e. The molecule has 1 heterocycles. The first-order valence-corrected chi connectivity index (χ1v) is 4.95. The Bertz CT molecular complexity index is 325. The minimum absolute atomic E-state index is 0.133. The molecule has 1 aromatic rings. The van der Waals surface area contributed by atoms with Gasteiger partial charge in [-0.3, -0.25) is 0 Å². The minimum Gasteiger partial charge on any atom is -0.319 e. The van der Waals surface area contributed by atoms with Crippen molar-refractivity contribution >= 4 is 0 Å². The van der Waals surface area contributed by atoms with Crippen molar-refractivity contribution in [2.45, 2.75) is 12.5 Å². The Labute approximate surface area is 83.5 Å². The van der Waals surface area contributed by atoms with Crippen molar-refractivity contribution in [1.29, 1.82) is 0 Å². The van der Waals surface area contributed by atoms with Gasteiger partial charge in [0.25, 0.3) is 0 Å². The van der Waals surface area contributed by atoms with Gasteiger partial charge < -0.3 is 10.6 Å². The molecule has 0 fully saturated rings. The van der Waals surface area contributed by atoms with Crippen LogP contribution in [0.2, 0.25) is 0 Å². The van der Waals surface area contributed by atoms with E-state index in [1.807, 2.05) is 13.1 Å². The van der Waals surface area contributed by atoms with Gasteiger partial charge in [0.05, 0.1) is 0 Å². The van der Waals surface area contributed by atoms with Crippen LogP contribution >= 0.6 is 0 Å². The number of fused-ring (bicyclic) bond motifs is 1. The van der Waals surface area contributed by atoms with Crippen LogP contribution in [0.15, 0.2) is 18.2 Å². The van der Waals surface area contributed by atoms with E-state index in [2.05, 4.69) is 10.6 Å². The van der Waals surface area contributed by atoms with Gasteiger partial charge in [0, 0.05) is 25.6 Å². The van der Waals surface area contributed by atoms with Crippen LogP contribution < -0.4 is 10.6 Å². The summed E-state index contributed by atoms with van der Waals surface area (Å²) in [4.78, 5) is 0. The van der Waals surface area contributed by atoms with Crippen molar-refractivity contribution < 1.29 is 4.39 Å². The Morgan fingerprint density at radius 1 is 1.57 bits per heavy atom. The zero-order valence-electron chi connectivity index (χ0n) is 8.31. The van der Waals surface area contributed by atoms with E-state index in [0.29, 0.717) is 5.92 Å². The molecular formula is C11H15FN2. The van der Waals surface area contributed by atoms with Crippen LogP contribution in [0.25, 0.3) is 0 Å². The van der Waals surface area contributed by atoms with Crippen molar-refractivity contribution in [3.05, 3.63) is 35.1 Å². The second kappa shape index (κ2) is 4.07. The molecule has 1 aromatic carbocycles. The fourth-order valence-electron chi connectivity index (χ4n) is 2.03. The molecule has 2 rings (SSSR count). The highest BCUT2D eigenvalue weighted by Crippen LogP contribution is 2.24. The molecule has 2 N–H and O–H groups in total. The van der Waals surface area contributed by atoms with Gasteiger partial charge in [0.2, 0.25) is 0 Å². The summed E-state index contributed by atoms with van der Waals surface area (Å²) in [5.74, 6) is 0.256. The molecule has 2 nitrogen and oxygen atoms in total. The molecule has 1 unspecified atom stereocenters. The molecule has 0 saturated carbocycles. The van der Waals surface area contributed by atoms with Crippen molar-refractivity contribution in [3.63, 3.8) is 0 Å². The molecule has 0 amide bonds. The minimum atomic E-state index is -0.133. The lowest BCUT2D eigenvalue weighted by molar-refractivity contribution is 0.515. The first kappa shape index (κ1) is 9.62. The number of rotatable bonds is 2. The quantitative estimate of drug-likeness (QED) is 0.740. The zero-order chi connectivity index (χ0) is 9.97. The molecule has 1 atom stereocenters. The molecule has 1 aliphatic heterocycles. The fourth-order valence-corrected chi connectivity index (χ4v) is 2.03. The van der Waals surface area contributed by atoms with Crippen molar-refractivity contribution in [2.24, 2.45) is 0 Å². The van der Waals surface area contributed by atoms with Gasteiger partial charge in [-0.05, 0) is 30.3 Å². The maximum absolute atomic E-state index is 13.1. The number of likely N-dealkylation sites (N-methyl/N-ethyl adjacent to an activating group) is 1. The first-order valence-electron chi connectivity index (χ1n) is 4.95. The van der Waals surface area contributed by atoms with E-state index in [-0.39, 0.29) is 5.82 Å². The number of nitrogens with one attached hydrogen (secondary N) is 2. The molecular weight excluding hydrogens is 179 g/mol. The SMILES string of the molecule is CNCC1CNCc2ccc(F)cc21. The fraction of sp³-hybridized carbons (Fsp3) is 0.455. The largest absolute Gasteiger partial charge is 0.319 e. The molecule has 0 aliphatic carbocycles. The van der Waals surface area contributed by atoms with Gasteiger partial charge in [0.1, 0.15) is 5.82 Å². The van der Waals surface area contributed by atoms with Gasteiger partial charge in [-0.15, -0.1) is 0 Å². The summed E-state index contributed by atoms with van der Waals surface area (Å²) in [6.07, 6.45) is 0. The number of benzene rings is 1. The maximum Gasteiger partial charge on any atom is 0.123 e. The van der Waals surface area contributed by atoms with E-state index in [0.717, 1.165) is 25.2 Å². The predicted octanol–water partition coefficient (Wildman–Crippen LogP) is 1.23. The number of halogens is 1. The van der Waals surface area contributed by atoms with E-state index >= 15 is 0 Å². The average Bonchev–Trinajstić information content (AvgIpc) is 2.19. The van der Waals surface area contributed by atoms with Crippen LogP contribution in [0.3, 0.4) is 0 Å². The Hall–Kier alpha value is -0.930. The van der Waals surface area contributed by atoms with Crippen molar-refractivity contribution in [3.8, 4) is 0 Å². The van der Waals surface area contributed by atoms with Gasteiger partial charge in [-0.25, -0.2) is 4.39 Å². The summed E-state index contributed by atoms with van der Waals surface area (Å²) in [5.41, 5.74) is 2.37. The molecule has 14 heavy (non-hydrogen) atoms. The lowest BCUT2D eigenvalue weighted by Gasteiger charge is -2.26. The molecule has 76 valence electrons.